The lowest BCUT2D eigenvalue weighted by atomic mass is 10.1. The van der Waals surface area contributed by atoms with Crippen LogP contribution in [0.1, 0.15) is 46.0 Å². The van der Waals surface area contributed by atoms with E-state index in [0.29, 0.717) is 0 Å². The molecule has 0 saturated heterocycles. The Balaban J connectivity index is 3.87. The second-order valence-electron chi connectivity index (χ2n) is 3.56. The van der Waals surface area contributed by atoms with Crippen molar-refractivity contribution in [3.63, 3.8) is 0 Å². The van der Waals surface area contributed by atoms with Crippen LogP contribution < -0.4 is 0 Å². The van der Waals surface area contributed by atoms with Gasteiger partial charge in [-0.1, -0.05) is 26.7 Å². The van der Waals surface area contributed by atoms with Crippen molar-refractivity contribution in [2.75, 3.05) is 7.11 Å². The first kappa shape index (κ1) is 14.0. The minimum absolute atomic E-state index is 0.00375. The van der Waals surface area contributed by atoms with Crippen molar-refractivity contribution in [3.05, 3.63) is 12.3 Å². The molecule has 0 heterocycles. The van der Waals surface area contributed by atoms with E-state index in [2.05, 4.69) is 13.5 Å². The zero-order chi connectivity index (χ0) is 11.7. The average molecular weight is 214 g/mol. The summed E-state index contributed by atoms with van der Waals surface area (Å²) in [5.74, 6) is -0.371. The lowest BCUT2D eigenvalue weighted by Crippen LogP contribution is -2.19. The maximum absolute atomic E-state index is 11.3. The molecule has 0 aliphatic rings. The normalized spacial score (nSPS) is 11.9. The average Bonchev–Trinajstić information content (AvgIpc) is 2.26. The van der Waals surface area contributed by atoms with E-state index in [1.165, 1.54) is 20.0 Å². The molecule has 1 unspecified atom stereocenters. The van der Waals surface area contributed by atoms with Gasteiger partial charge in [0.2, 0.25) is 0 Å². The van der Waals surface area contributed by atoms with Crippen LogP contribution in [0.5, 0.6) is 0 Å². The van der Waals surface area contributed by atoms with E-state index in [9.17, 15) is 4.79 Å². The number of unbranched alkanes of at least 4 members (excludes halogenated alkanes) is 2. The molecule has 0 fully saturated rings. The fourth-order valence-electron chi connectivity index (χ4n) is 1.27. The molecule has 0 aromatic heterocycles. The topological polar surface area (TPSA) is 35.5 Å². The van der Waals surface area contributed by atoms with Gasteiger partial charge in [0.25, 0.3) is 0 Å². The first-order chi connectivity index (χ1) is 7.15. The number of esters is 1. The van der Waals surface area contributed by atoms with Crippen molar-refractivity contribution in [3.8, 4) is 0 Å². The van der Waals surface area contributed by atoms with Crippen LogP contribution in [0.4, 0.5) is 0 Å². The van der Waals surface area contributed by atoms with Gasteiger partial charge in [-0.3, -0.25) is 0 Å². The van der Waals surface area contributed by atoms with Crippen molar-refractivity contribution in [1.82, 2.24) is 0 Å². The molecule has 0 rings (SSSR count). The van der Waals surface area contributed by atoms with Crippen LogP contribution >= 0.6 is 0 Å². The van der Waals surface area contributed by atoms with Gasteiger partial charge < -0.3 is 9.47 Å². The number of carbonyl (C=O) groups excluding carboxylic acids is 1. The highest BCUT2D eigenvalue weighted by Crippen LogP contribution is 2.11. The van der Waals surface area contributed by atoms with E-state index in [-0.39, 0.29) is 11.9 Å². The Morgan fingerprint density at radius 1 is 1.33 bits per heavy atom. The fourth-order valence-corrected chi connectivity index (χ4v) is 1.27. The number of ether oxygens (including phenoxy) is 2. The van der Waals surface area contributed by atoms with E-state index in [0.717, 1.165) is 19.3 Å². The maximum Gasteiger partial charge on any atom is 0.373 e. The van der Waals surface area contributed by atoms with Gasteiger partial charge >= 0.3 is 5.97 Å². The zero-order valence-electron chi connectivity index (χ0n) is 10.0. The molecule has 1 atom stereocenters. The lowest BCUT2D eigenvalue weighted by molar-refractivity contribution is -0.148. The van der Waals surface area contributed by atoms with Gasteiger partial charge in [-0.25, -0.2) is 4.79 Å². The van der Waals surface area contributed by atoms with Gasteiger partial charge in [-0.15, -0.1) is 0 Å². The largest absolute Gasteiger partial charge is 0.490 e. The summed E-state index contributed by atoms with van der Waals surface area (Å²) in [7, 11) is 1.42. The summed E-state index contributed by atoms with van der Waals surface area (Å²) in [4.78, 5) is 11.3. The molecule has 0 aliphatic heterocycles. The molecule has 0 N–H and O–H groups in total. The molecule has 0 amide bonds. The second-order valence-corrected chi connectivity index (χ2v) is 3.56. The van der Waals surface area contributed by atoms with Crippen LogP contribution in [0.15, 0.2) is 12.3 Å². The van der Waals surface area contributed by atoms with Crippen molar-refractivity contribution in [1.29, 1.82) is 0 Å². The smallest absolute Gasteiger partial charge is 0.373 e. The summed E-state index contributed by atoms with van der Waals surface area (Å²) in [6.07, 6.45) is 5.21. The maximum atomic E-state index is 11.3. The first-order valence-corrected chi connectivity index (χ1v) is 5.59. The van der Waals surface area contributed by atoms with Crippen LogP contribution in [0, 0.1) is 0 Å². The highest BCUT2D eigenvalue weighted by Gasteiger charge is 2.15. The van der Waals surface area contributed by atoms with E-state index >= 15 is 0 Å². The minimum Gasteiger partial charge on any atom is -0.490 e. The molecule has 3 heteroatoms. The third-order valence-electron chi connectivity index (χ3n) is 2.33. The molecular formula is C12H22O3. The van der Waals surface area contributed by atoms with Gasteiger partial charge in [0.05, 0.1) is 7.11 Å². The van der Waals surface area contributed by atoms with E-state index < -0.39 is 5.97 Å². The Morgan fingerprint density at radius 3 is 2.47 bits per heavy atom. The highest BCUT2D eigenvalue weighted by molar-refractivity contribution is 5.85. The van der Waals surface area contributed by atoms with Gasteiger partial charge in [-0.05, 0) is 25.8 Å². The predicted molar refractivity (Wildman–Crippen MR) is 60.5 cm³/mol. The Bertz CT molecular complexity index is 199. The molecule has 0 bridgehead atoms. The molecule has 0 saturated carbocycles. The van der Waals surface area contributed by atoms with E-state index in [4.69, 9.17) is 9.47 Å². The van der Waals surface area contributed by atoms with Crippen LogP contribution in [-0.2, 0) is 14.3 Å². The van der Waals surface area contributed by atoms with Crippen molar-refractivity contribution in [2.24, 2.45) is 0 Å². The number of rotatable bonds is 8. The summed E-state index contributed by atoms with van der Waals surface area (Å²) in [5, 5.41) is 0. The van der Waals surface area contributed by atoms with Crippen molar-refractivity contribution >= 4 is 5.97 Å². The highest BCUT2D eigenvalue weighted by atomic mass is 16.6. The first-order valence-electron chi connectivity index (χ1n) is 5.59. The number of hydrogen-bond acceptors (Lipinski definition) is 3. The molecule has 0 spiro atoms. The third-order valence-corrected chi connectivity index (χ3v) is 2.33. The Kier molecular flexibility index (Phi) is 7.78. The monoisotopic (exact) mass is 214 g/mol. The lowest BCUT2D eigenvalue weighted by Gasteiger charge is -2.16. The van der Waals surface area contributed by atoms with Crippen LogP contribution in [0.25, 0.3) is 0 Å². The van der Waals surface area contributed by atoms with Gasteiger partial charge in [0.1, 0.15) is 6.10 Å². The van der Waals surface area contributed by atoms with Crippen LogP contribution in [-0.4, -0.2) is 19.2 Å². The molecular weight excluding hydrogens is 192 g/mol. The molecule has 15 heavy (non-hydrogen) atoms. The fraction of sp³-hybridized carbons (Fsp3) is 0.750. The summed E-state index contributed by atoms with van der Waals surface area (Å²) >= 11 is 0. The summed E-state index contributed by atoms with van der Waals surface area (Å²) < 4.78 is 9.95. The number of methoxy groups -OCH3 is 1. The van der Waals surface area contributed by atoms with Gasteiger partial charge in [0.15, 0.2) is 5.76 Å². The zero-order valence-corrected chi connectivity index (χ0v) is 10.0. The SMILES string of the molecule is C=C(OC)C(=O)OC(CC)CCCCC. The summed E-state index contributed by atoms with van der Waals surface area (Å²) in [6, 6.07) is 0. The number of carbonyl (C=O) groups is 1. The Labute approximate surface area is 92.5 Å². The number of hydrogen-bond donors (Lipinski definition) is 0. The Hall–Kier alpha value is -0.990. The summed E-state index contributed by atoms with van der Waals surface area (Å²) in [6.45, 7) is 7.63. The summed E-state index contributed by atoms with van der Waals surface area (Å²) in [5.41, 5.74) is 0. The molecule has 0 aromatic carbocycles. The predicted octanol–water partition coefficient (Wildman–Crippen LogP) is 3.05. The van der Waals surface area contributed by atoms with Crippen LogP contribution in [0.2, 0.25) is 0 Å². The minimum atomic E-state index is -0.444. The van der Waals surface area contributed by atoms with E-state index in [1.54, 1.807) is 0 Å². The molecule has 0 aliphatic carbocycles. The third kappa shape index (κ3) is 6.15. The molecule has 0 radical (unpaired) electrons. The standard InChI is InChI=1S/C12H22O3/c1-5-7-8-9-11(6-2)15-12(13)10(3)14-4/h11H,3,5-9H2,1-2,4H3. The Morgan fingerprint density at radius 2 is 2.00 bits per heavy atom. The van der Waals surface area contributed by atoms with Gasteiger partial charge in [-0.2, -0.15) is 0 Å². The van der Waals surface area contributed by atoms with Crippen molar-refractivity contribution in [2.45, 2.75) is 52.1 Å². The second kappa shape index (κ2) is 8.33. The van der Waals surface area contributed by atoms with Gasteiger partial charge in [0, 0.05) is 0 Å². The molecule has 88 valence electrons. The van der Waals surface area contributed by atoms with Crippen LogP contribution in [0.3, 0.4) is 0 Å². The van der Waals surface area contributed by atoms with E-state index in [1.807, 2.05) is 6.92 Å². The molecule has 0 aromatic rings. The van der Waals surface area contributed by atoms with Crippen molar-refractivity contribution < 1.29 is 14.3 Å². The quantitative estimate of drug-likeness (QED) is 0.269. The molecule has 3 nitrogen and oxygen atoms in total.